The molecular weight excluding hydrogens is 282 g/mol. The lowest BCUT2D eigenvalue weighted by Crippen LogP contribution is -2.18. The van der Waals surface area contributed by atoms with E-state index in [-0.39, 0.29) is 22.9 Å². The molecule has 0 saturated carbocycles. The molecule has 0 unspecified atom stereocenters. The van der Waals surface area contributed by atoms with Crippen LogP contribution >= 0.6 is 15.9 Å². The third kappa shape index (κ3) is 3.40. The summed E-state index contributed by atoms with van der Waals surface area (Å²) >= 11 is 3.09. The van der Waals surface area contributed by atoms with Crippen LogP contribution in [0.3, 0.4) is 0 Å². The molecule has 0 aliphatic heterocycles. The molecule has 3 nitrogen and oxygen atoms in total. The van der Waals surface area contributed by atoms with E-state index in [9.17, 15) is 9.59 Å². The van der Waals surface area contributed by atoms with Gasteiger partial charge in [0.1, 0.15) is 0 Å². The van der Waals surface area contributed by atoms with Crippen molar-refractivity contribution in [1.29, 1.82) is 0 Å². The Hall–Kier alpha value is -1.16. The number of alkyl halides is 1. The highest BCUT2D eigenvalue weighted by atomic mass is 79.9. The van der Waals surface area contributed by atoms with Crippen LogP contribution in [0.4, 0.5) is 5.69 Å². The van der Waals surface area contributed by atoms with Gasteiger partial charge >= 0.3 is 0 Å². The molecule has 1 amide bonds. The molecule has 0 bridgehead atoms. The Morgan fingerprint density at radius 3 is 2.53 bits per heavy atom. The van der Waals surface area contributed by atoms with Crippen molar-refractivity contribution in [3.63, 3.8) is 0 Å². The Morgan fingerprint density at radius 1 is 1.35 bits per heavy atom. The molecule has 0 aliphatic rings. The minimum Gasteiger partial charge on any atom is -0.324 e. The van der Waals surface area contributed by atoms with Crippen molar-refractivity contribution in [2.75, 3.05) is 10.6 Å². The Bertz CT molecular complexity index is 441. The van der Waals surface area contributed by atoms with Crippen LogP contribution in [0, 0.1) is 12.8 Å². The predicted octanol–water partition coefficient (Wildman–Crippen LogP) is 3.17. The van der Waals surface area contributed by atoms with Crippen molar-refractivity contribution in [3.05, 3.63) is 29.3 Å². The summed E-state index contributed by atoms with van der Waals surface area (Å²) in [5.41, 5.74) is 2.09. The van der Waals surface area contributed by atoms with Crippen LogP contribution < -0.4 is 5.32 Å². The fourth-order valence-electron chi connectivity index (χ4n) is 1.52. The number of carbonyl (C=O) groups is 2. The molecule has 0 spiro atoms. The summed E-state index contributed by atoms with van der Waals surface area (Å²) in [7, 11) is 0. The lowest BCUT2D eigenvalue weighted by atomic mass is 9.97. The highest BCUT2D eigenvalue weighted by Gasteiger charge is 2.17. The van der Waals surface area contributed by atoms with Crippen molar-refractivity contribution < 1.29 is 9.59 Å². The number of ketones is 1. The minimum absolute atomic E-state index is 0.0403. The quantitative estimate of drug-likeness (QED) is 0.685. The number of benzene rings is 1. The topological polar surface area (TPSA) is 46.2 Å². The van der Waals surface area contributed by atoms with Crippen molar-refractivity contribution in [2.45, 2.75) is 20.8 Å². The Labute approximate surface area is 110 Å². The molecular formula is C13H16BrNO2. The first-order chi connectivity index (χ1) is 7.97. The van der Waals surface area contributed by atoms with Crippen LogP contribution in [0.2, 0.25) is 0 Å². The number of Topliss-reactive ketones (excluding diaryl/α,β-unsaturated/α-hetero) is 1. The summed E-state index contributed by atoms with van der Waals surface area (Å²) in [5.74, 6) is -0.202. The minimum atomic E-state index is -0.155. The molecule has 0 fully saturated rings. The van der Waals surface area contributed by atoms with E-state index in [0.717, 1.165) is 5.56 Å². The summed E-state index contributed by atoms with van der Waals surface area (Å²) in [6.07, 6.45) is 0. The van der Waals surface area contributed by atoms with Crippen LogP contribution in [-0.2, 0) is 4.79 Å². The zero-order valence-corrected chi connectivity index (χ0v) is 11.8. The molecule has 17 heavy (non-hydrogen) atoms. The van der Waals surface area contributed by atoms with E-state index < -0.39 is 0 Å². The average Bonchev–Trinajstić information content (AvgIpc) is 2.30. The number of aryl methyl sites for hydroxylation is 1. The van der Waals surface area contributed by atoms with Crippen molar-refractivity contribution in [3.8, 4) is 0 Å². The molecule has 1 rings (SSSR count). The molecule has 92 valence electrons. The molecule has 0 saturated heterocycles. The fourth-order valence-corrected chi connectivity index (χ4v) is 1.66. The van der Waals surface area contributed by atoms with Gasteiger partial charge in [-0.05, 0) is 18.6 Å². The van der Waals surface area contributed by atoms with Crippen LogP contribution in [0.15, 0.2) is 18.2 Å². The van der Waals surface area contributed by atoms with E-state index in [2.05, 4.69) is 21.2 Å². The second-order valence-corrected chi connectivity index (χ2v) is 4.76. The first kappa shape index (κ1) is 13.9. The number of para-hydroxylation sites is 1. The van der Waals surface area contributed by atoms with E-state index in [0.29, 0.717) is 11.3 Å². The zero-order chi connectivity index (χ0) is 13.0. The number of nitrogens with one attached hydrogen (secondary N) is 1. The van der Waals surface area contributed by atoms with Gasteiger partial charge in [0.2, 0.25) is 5.91 Å². The lowest BCUT2D eigenvalue weighted by molar-refractivity contribution is -0.113. The average molecular weight is 298 g/mol. The maximum atomic E-state index is 12.0. The van der Waals surface area contributed by atoms with Gasteiger partial charge in [0.05, 0.1) is 11.0 Å². The number of hydrogen-bond acceptors (Lipinski definition) is 2. The smallest absolute Gasteiger partial charge is 0.235 e. The SMILES string of the molecule is Cc1cccc(C(=O)C(C)C)c1NC(=O)CBr. The van der Waals surface area contributed by atoms with Gasteiger partial charge in [0.25, 0.3) is 0 Å². The van der Waals surface area contributed by atoms with Crippen LogP contribution in [-0.4, -0.2) is 17.0 Å². The third-order valence-electron chi connectivity index (χ3n) is 2.45. The maximum Gasteiger partial charge on any atom is 0.235 e. The summed E-state index contributed by atoms with van der Waals surface area (Å²) < 4.78 is 0. The van der Waals surface area contributed by atoms with E-state index >= 15 is 0 Å². The Morgan fingerprint density at radius 2 is 2.00 bits per heavy atom. The number of rotatable bonds is 4. The Balaban J connectivity index is 3.17. The van der Waals surface area contributed by atoms with Gasteiger partial charge in [-0.15, -0.1) is 0 Å². The summed E-state index contributed by atoms with van der Waals surface area (Å²) in [5, 5.41) is 2.98. The standard InChI is InChI=1S/C13H16BrNO2/c1-8(2)13(17)10-6-4-5-9(3)12(10)15-11(16)7-14/h4-6,8H,7H2,1-3H3,(H,15,16). The third-order valence-corrected chi connectivity index (χ3v) is 2.96. The number of halogens is 1. The van der Waals surface area contributed by atoms with Gasteiger partial charge in [-0.1, -0.05) is 41.9 Å². The van der Waals surface area contributed by atoms with Crippen molar-refractivity contribution in [1.82, 2.24) is 0 Å². The molecule has 1 aromatic rings. The molecule has 1 aromatic carbocycles. The van der Waals surface area contributed by atoms with E-state index in [4.69, 9.17) is 0 Å². The number of amides is 1. The molecule has 0 heterocycles. The number of carbonyl (C=O) groups excluding carboxylic acids is 2. The van der Waals surface area contributed by atoms with Gasteiger partial charge in [-0.3, -0.25) is 9.59 Å². The monoisotopic (exact) mass is 297 g/mol. The van der Waals surface area contributed by atoms with E-state index in [1.54, 1.807) is 6.07 Å². The predicted molar refractivity (Wildman–Crippen MR) is 72.8 cm³/mol. The molecule has 0 radical (unpaired) electrons. The lowest BCUT2D eigenvalue weighted by Gasteiger charge is -2.14. The maximum absolute atomic E-state index is 12.0. The normalized spacial score (nSPS) is 10.4. The number of anilines is 1. The van der Waals surface area contributed by atoms with Gasteiger partial charge in [0.15, 0.2) is 5.78 Å². The summed E-state index contributed by atoms with van der Waals surface area (Å²) in [4.78, 5) is 23.4. The molecule has 0 aromatic heterocycles. The van der Waals surface area contributed by atoms with Crippen LogP contribution in [0.5, 0.6) is 0 Å². The van der Waals surface area contributed by atoms with Gasteiger partial charge in [-0.2, -0.15) is 0 Å². The Kier molecular flexibility index (Phi) is 4.87. The van der Waals surface area contributed by atoms with Crippen molar-refractivity contribution in [2.24, 2.45) is 5.92 Å². The fraction of sp³-hybridized carbons (Fsp3) is 0.385. The second-order valence-electron chi connectivity index (χ2n) is 4.20. The highest BCUT2D eigenvalue weighted by molar-refractivity contribution is 9.09. The van der Waals surface area contributed by atoms with Crippen molar-refractivity contribution >= 4 is 33.3 Å². The molecule has 0 atom stereocenters. The molecule has 4 heteroatoms. The van der Waals surface area contributed by atoms with Gasteiger partial charge in [0, 0.05) is 11.5 Å². The zero-order valence-electron chi connectivity index (χ0n) is 10.2. The van der Waals surface area contributed by atoms with Crippen LogP contribution in [0.1, 0.15) is 29.8 Å². The van der Waals surface area contributed by atoms with E-state index in [1.807, 2.05) is 32.9 Å². The van der Waals surface area contributed by atoms with Crippen LogP contribution in [0.25, 0.3) is 0 Å². The highest BCUT2D eigenvalue weighted by Crippen LogP contribution is 2.23. The molecule has 1 N–H and O–H groups in total. The van der Waals surface area contributed by atoms with E-state index in [1.165, 1.54) is 0 Å². The van der Waals surface area contributed by atoms with Gasteiger partial charge < -0.3 is 5.32 Å². The number of hydrogen-bond donors (Lipinski definition) is 1. The second kappa shape index (κ2) is 5.96. The largest absolute Gasteiger partial charge is 0.324 e. The first-order valence-corrected chi connectivity index (χ1v) is 6.59. The summed E-state index contributed by atoms with van der Waals surface area (Å²) in [6, 6.07) is 5.45. The first-order valence-electron chi connectivity index (χ1n) is 5.47. The molecule has 0 aliphatic carbocycles. The summed E-state index contributed by atoms with van der Waals surface area (Å²) in [6.45, 7) is 5.57. The van der Waals surface area contributed by atoms with Gasteiger partial charge in [-0.25, -0.2) is 0 Å².